The smallest absolute Gasteiger partial charge is 0.333 e. The summed E-state index contributed by atoms with van der Waals surface area (Å²) >= 11 is 0. The Morgan fingerprint density at radius 1 is 0.879 bits per heavy atom. The minimum Gasteiger partial charge on any atom is -0.462 e. The zero-order chi connectivity index (χ0) is 24.0. The maximum absolute atomic E-state index is 13.1. The highest BCUT2D eigenvalue weighted by Gasteiger charge is 2.25. The molecule has 0 aliphatic carbocycles. The fourth-order valence-electron chi connectivity index (χ4n) is 4.08. The Labute approximate surface area is 186 Å². The number of fused-ring (bicyclic) bond motifs is 3. The number of rotatable bonds is 6. The number of anilines is 2. The molecule has 0 unspecified atom stereocenters. The highest BCUT2D eigenvalue weighted by atomic mass is 16.5. The van der Waals surface area contributed by atoms with E-state index in [9.17, 15) is 24.0 Å². The van der Waals surface area contributed by atoms with Crippen LogP contribution in [-0.4, -0.2) is 17.1 Å². The summed E-state index contributed by atoms with van der Waals surface area (Å²) in [6, 6.07) is 6.24. The highest BCUT2D eigenvalue weighted by Crippen LogP contribution is 2.31. The average molecular weight is 447 g/mol. The van der Waals surface area contributed by atoms with E-state index < -0.39 is 27.9 Å². The third kappa shape index (κ3) is 3.29. The van der Waals surface area contributed by atoms with Crippen molar-refractivity contribution in [2.45, 2.75) is 26.3 Å². The van der Waals surface area contributed by atoms with Crippen molar-refractivity contribution < 1.29 is 9.53 Å². The number of nitrogens with two attached hydrogens (primary N) is 2. The van der Waals surface area contributed by atoms with Crippen LogP contribution >= 0.6 is 0 Å². The fourth-order valence-corrected chi connectivity index (χ4v) is 4.08. The second-order valence-corrected chi connectivity index (χ2v) is 7.92. The summed E-state index contributed by atoms with van der Waals surface area (Å²) in [6.07, 6.45) is 0.762. The van der Waals surface area contributed by atoms with Gasteiger partial charge in [-0.1, -0.05) is 30.8 Å². The largest absolute Gasteiger partial charge is 0.462 e. The summed E-state index contributed by atoms with van der Waals surface area (Å²) in [7, 11) is 0. The maximum atomic E-state index is 13.1. The molecule has 0 bridgehead atoms. The Morgan fingerprint density at radius 2 is 1.36 bits per heavy atom. The summed E-state index contributed by atoms with van der Waals surface area (Å²) in [4.78, 5) is 63.7. The zero-order valence-corrected chi connectivity index (χ0v) is 17.9. The van der Waals surface area contributed by atoms with Crippen molar-refractivity contribution in [2.75, 3.05) is 18.1 Å². The van der Waals surface area contributed by atoms with E-state index in [4.69, 9.17) is 16.2 Å². The van der Waals surface area contributed by atoms with Crippen molar-refractivity contribution in [3.8, 4) is 0 Å². The van der Waals surface area contributed by atoms with Crippen LogP contribution in [0.15, 0.2) is 55.6 Å². The van der Waals surface area contributed by atoms with Crippen LogP contribution in [0.3, 0.4) is 0 Å². The number of carbonyl (C=O) groups excluding carboxylic acids is 1. The highest BCUT2D eigenvalue weighted by molar-refractivity contribution is 6.20. The summed E-state index contributed by atoms with van der Waals surface area (Å²) in [6.45, 7) is 5.16. The first-order chi connectivity index (χ1) is 15.7. The molecule has 0 amide bonds. The molecular weight excluding hydrogens is 426 g/mol. The number of nitrogen functional groups attached to an aromatic ring is 2. The molecule has 0 spiro atoms. The lowest BCUT2D eigenvalue weighted by atomic mass is 9.97. The van der Waals surface area contributed by atoms with E-state index in [1.807, 2.05) is 0 Å². The molecule has 3 aromatic carbocycles. The van der Waals surface area contributed by atoms with Gasteiger partial charge >= 0.3 is 5.97 Å². The van der Waals surface area contributed by atoms with Crippen molar-refractivity contribution in [3.63, 3.8) is 0 Å². The molecule has 168 valence electrons. The Morgan fingerprint density at radius 3 is 1.82 bits per heavy atom. The van der Waals surface area contributed by atoms with Crippen molar-refractivity contribution >= 4 is 49.7 Å². The topological polar surface area (TPSA) is 152 Å². The van der Waals surface area contributed by atoms with Crippen LogP contribution in [0.5, 0.6) is 0 Å². The van der Waals surface area contributed by atoms with Crippen LogP contribution in [0.4, 0.5) is 11.4 Å². The molecule has 4 rings (SSSR count). The van der Waals surface area contributed by atoms with Crippen molar-refractivity contribution in [1.29, 1.82) is 0 Å². The van der Waals surface area contributed by atoms with Gasteiger partial charge in [-0.25, -0.2) is 4.79 Å². The first kappa shape index (κ1) is 21.9. The molecule has 0 aliphatic rings. The number of carbonyl (C=O) groups is 1. The van der Waals surface area contributed by atoms with E-state index in [0.717, 1.165) is 4.57 Å². The maximum Gasteiger partial charge on any atom is 0.333 e. The van der Waals surface area contributed by atoms with Gasteiger partial charge in [0, 0.05) is 22.9 Å². The summed E-state index contributed by atoms with van der Waals surface area (Å²) in [5, 5.41) is -0.289. The predicted molar refractivity (Wildman–Crippen MR) is 128 cm³/mol. The normalized spacial score (nSPS) is 11.4. The molecule has 0 saturated heterocycles. The van der Waals surface area contributed by atoms with E-state index in [1.165, 1.54) is 19.1 Å². The predicted octanol–water partition coefficient (Wildman–Crippen LogP) is 1.33. The Hall–Kier alpha value is -4.27. The number of esters is 1. The minimum absolute atomic E-state index is 0.0304. The molecule has 9 heteroatoms. The molecule has 0 atom stereocenters. The Bertz CT molecular complexity index is 1580. The van der Waals surface area contributed by atoms with Crippen LogP contribution in [0.2, 0.25) is 0 Å². The standard InChI is InChI=1S/C24H21N3O6/c1-11(2)24(32)33-10-6-5-9-27-22(30)16-17(23(27)31)19(26)15-14(18(16)25)20(28)12-7-3-4-8-13(12)21(15)29/h3-4,7-8H,1,5-6,9-10,25-26H2,2H3. The number of hydrogen-bond donors (Lipinski definition) is 2. The lowest BCUT2D eigenvalue weighted by Gasteiger charge is -2.07. The van der Waals surface area contributed by atoms with Gasteiger partial charge in [0.25, 0.3) is 11.1 Å². The van der Waals surface area contributed by atoms with E-state index in [2.05, 4.69) is 6.58 Å². The number of nitrogens with zero attached hydrogens (tertiary/aromatic N) is 1. The van der Waals surface area contributed by atoms with Crippen LogP contribution in [0, 0.1) is 0 Å². The molecule has 0 saturated carbocycles. The van der Waals surface area contributed by atoms with Crippen molar-refractivity contribution in [1.82, 2.24) is 4.57 Å². The summed E-state index contributed by atoms with van der Waals surface area (Å²) in [5.74, 6) is -0.516. The first-order valence-electron chi connectivity index (χ1n) is 10.3. The van der Waals surface area contributed by atoms with Gasteiger partial charge < -0.3 is 16.2 Å². The van der Waals surface area contributed by atoms with Crippen LogP contribution < -0.4 is 33.4 Å². The number of unbranched alkanes of at least 4 members (excludes halogenated alkanes) is 1. The molecule has 4 aromatic rings. The molecule has 0 radical (unpaired) electrons. The molecule has 0 aliphatic heterocycles. The number of aromatic nitrogens is 1. The molecule has 33 heavy (non-hydrogen) atoms. The minimum atomic E-state index is -0.681. The SMILES string of the molecule is C=C(C)C(=O)OCCCCn1c(=O)c2c(N)c3c(=O)c4ccccc4c(=O)c3c(N)c2c1=O. The Balaban J connectivity index is 1.85. The van der Waals surface area contributed by atoms with E-state index in [1.54, 1.807) is 12.1 Å². The summed E-state index contributed by atoms with van der Waals surface area (Å²) in [5.41, 5.74) is 9.81. The third-order valence-electron chi connectivity index (χ3n) is 5.72. The van der Waals surface area contributed by atoms with Gasteiger partial charge in [-0.2, -0.15) is 0 Å². The average Bonchev–Trinajstić information content (AvgIpc) is 3.04. The van der Waals surface area contributed by atoms with Crippen molar-refractivity contribution in [2.24, 2.45) is 0 Å². The van der Waals surface area contributed by atoms with Gasteiger partial charge in [0.2, 0.25) is 0 Å². The molecular formula is C24H21N3O6. The molecule has 1 aromatic heterocycles. The number of benzene rings is 3. The van der Waals surface area contributed by atoms with E-state index >= 15 is 0 Å². The van der Waals surface area contributed by atoms with Crippen LogP contribution in [0.25, 0.3) is 32.3 Å². The molecule has 0 fully saturated rings. The summed E-state index contributed by atoms with van der Waals surface area (Å²) < 4.78 is 5.98. The van der Waals surface area contributed by atoms with Crippen molar-refractivity contribution in [3.05, 3.63) is 77.6 Å². The molecule has 1 heterocycles. The van der Waals surface area contributed by atoms with Crippen LogP contribution in [0.1, 0.15) is 19.8 Å². The number of hydrogen-bond acceptors (Lipinski definition) is 8. The van der Waals surface area contributed by atoms with E-state index in [-0.39, 0.29) is 62.4 Å². The Kier molecular flexibility index (Phi) is 5.33. The molecule has 4 N–H and O–H groups in total. The van der Waals surface area contributed by atoms with Gasteiger partial charge in [-0.05, 0) is 19.8 Å². The van der Waals surface area contributed by atoms with Gasteiger partial charge in [0.1, 0.15) is 0 Å². The zero-order valence-electron chi connectivity index (χ0n) is 17.9. The van der Waals surface area contributed by atoms with Gasteiger partial charge in [0.05, 0.1) is 39.5 Å². The lowest BCUT2D eigenvalue weighted by molar-refractivity contribution is -0.139. The van der Waals surface area contributed by atoms with E-state index in [0.29, 0.717) is 12.8 Å². The quantitative estimate of drug-likeness (QED) is 0.112. The molecule has 9 nitrogen and oxygen atoms in total. The van der Waals surface area contributed by atoms with Crippen LogP contribution in [-0.2, 0) is 16.1 Å². The first-order valence-corrected chi connectivity index (χ1v) is 10.3. The second kappa shape index (κ2) is 8.01. The monoisotopic (exact) mass is 447 g/mol. The number of ether oxygens (including phenoxy) is 1. The third-order valence-corrected chi connectivity index (χ3v) is 5.72. The van der Waals surface area contributed by atoms with Gasteiger partial charge in [-0.15, -0.1) is 0 Å². The lowest BCUT2D eigenvalue weighted by Crippen LogP contribution is -2.25. The second-order valence-electron chi connectivity index (χ2n) is 7.92. The van der Waals surface area contributed by atoms with Gasteiger partial charge in [0.15, 0.2) is 10.9 Å². The fraction of sp³-hybridized carbons (Fsp3) is 0.208. The van der Waals surface area contributed by atoms with Gasteiger partial charge in [-0.3, -0.25) is 23.7 Å².